The molecule has 0 saturated heterocycles. The van der Waals surface area contributed by atoms with Gasteiger partial charge in [0, 0.05) is 10.9 Å². The van der Waals surface area contributed by atoms with Crippen LogP contribution in [0.3, 0.4) is 0 Å². The molecular weight excluding hydrogens is 342 g/mol. The van der Waals surface area contributed by atoms with Crippen LogP contribution in [-0.2, 0) is 0 Å². The minimum atomic E-state index is -0.245. The highest BCUT2D eigenvalue weighted by atomic mass is 32.2. The Balaban J connectivity index is 1.72. The quantitative estimate of drug-likeness (QED) is 0.385. The summed E-state index contributed by atoms with van der Waals surface area (Å²) in [6.07, 6.45) is 0. The zero-order valence-electron chi connectivity index (χ0n) is 14.9. The molecule has 0 bridgehead atoms. The molecule has 4 aromatic rings. The number of ketones is 1. The van der Waals surface area contributed by atoms with Gasteiger partial charge in [-0.15, -0.1) is 10.2 Å². The largest absolute Gasteiger partial charge is 0.293 e. The van der Waals surface area contributed by atoms with Gasteiger partial charge in [-0.2, -0.15) is 0 Å². The number of hydrogen-bond acceptors (Lipinski definition) is 4. The molecule has 0 N–H and O–H groups in total. The normalized spacial score (nSPS) is 12.6. The van der Waals surface area contributed by atoms with E-state index in [9.17, 15) is 4.79 Å². The summed E-state index contributed by atoms with van der Waals surface area (Å²) in [6.45, 7) is 6.01. The van der Waals surface area contributed by atoms with Crippen molar-refractivity contribution in [3.8, 4) is 0 Å². The standard InChI is InChI=1S/C21H19N3OS/c1-13-8-10-16(11-9-13)20(25)15(3)26-21-23-22-19-12-14(2)17-6-4-5-7-18(17)24(19)21/h4-12,15H,1-3H3. The second kappa shape index (κ2) is 6.57. The highest BCUT2D eigenvalue weighted by Gasteiger charge is 2.20. The number of benzene rings is 2. The maximum Gasteiger partial charge on any atom is 0.196 e. The van der Waals surface area contributed by atoms with Gasteiger partial charge in [-0.05, 0) is 38.5 Å². The van der Waals surface area contributed by atoms with Crippen LogP contribution in [0.5, 0.6) is 0 Å². The molecule has 2 heterocycles. The molecule has 0 aliphatic heterocycles. The van der Waals surface area contributed by atoms with E-state index in [-0.39, 0.29) is 11.0 Å². The number of aromatic nitrogens is 3. The molecule has 0 aliphatic carbocycles. The van der Waals surface area contributed by atoms with Crippen LogP contribution in [0.1, 0.15) is 28.4 Å². The van der Waals surface area contributed by atoms with Crippen molar-refractivity contribution in [2.75, 3.05) is 0 Å². The third-order valence-corrected chi connectivity index (χ3v) is 5.60. The third kappa shape index (κ3) is 2.88. The van der Waals surface area contributed by atoms with Gasteiger partial charge in [-0.25, -0.2) is 0 Å². The van der Waals surface area contributed by atoms with E-state index in [4.69, 9.17) is 0 Å². The van der Waals surface area contributed by atoms with Gasteiger partial charge >= 0.3 is 0 Å². The van der Waals surface area contributed by atoms with Crippen LogP contribution in [0.15, 0.2) is 59.8 Å². The number of carbonyl (C=O) groups is 1. The Kier molecular flexibility index (Phi) is 4.24. The first-order valence-electron chi connectivity index (χ1n) is 8.55. The average molecular weight is 361 g/mol. The number of carbonyl (C=O) groups excluding carboxylic acids is 1. The van der Waals surface area contributed by atoms with Crippen molar-refractivity contribution in [1.82, 2.24) is 14.6 Å². The van der Waals surface area contributed by atoms with E-state index in [1.54, 1.807) is 0 Å². The number of thioether (sulfide) groups is 1. The van der Waals surface area contributed by atoms with Gasteiger partial charge in [-0.3, -0.25) is 9.20 Å². The Bertz CT molecular complexity index is 1120. The summed E-state index contributed by atoms with van der Waals surface area (Å²) in [7, 11) is 0. The summed E-state index contributed by atoms with van der Waals surface area (Å²) in [5.74, 6) is 0.100. The number of pyridine rings is 1. The van der Waals surface area contributed by atoms with Crippen LogP contribution in [0.25, 0.3) is 16.6 Å². The second-order valence-electron chi connectivity index (χ2n) is 6.51. The molecule has 1 unspecified atom stereocenters. The van der Waals surface area contributed by atoms with E-state index in [0.717, 1.165) is 27.4 Å². The fourth-order valence-electron chi connectivity index (χ4n) is 3.12. The van der Waals surface area contributed by atoms with Gasteiger partial charge in [0.2, 0.25) is 0 Å². The lowest BCUT2D eigenvalue weighted by molar-refractivity contribution is 0.0994. The van der Waals surface area contributed by atoms with Crippen LogP contribution in [-0.4, -0.2) is 25.6 Å². The number of aryl methyl sites for hydroxylation is 2. The topological polar surface area (TPSA) is 47.3 Å². The number of nitrogens with zero attached hydrogens (tertiary/aromatic N) is 3. The zero-order chi connectivity index (χ0) is 18.3. The molecule has 0 aliphatic rings. The summed E-state index contributed by atoms with van der Waals surface area (Å²) in [4.78, 5) is 12.8. The van der Waals surface area contributed by atoms with Crippen LogP contribution >= 0.6 is 11.8 Å². The van der Waals surface area contributed by atoms with Gasteiger partial charge in [0.25, 0.3) is 0 Å². The molecule has 0 fully saturated rings. The molecule has 0 saturated carbocycles. The lowest BCUT2D eigenvalue weighted by atomic mass is 10.1. The lowest BCUT2D eigenvalue weighted by Gasteiger charge is -2.11. The zero-order valence-corrected chi connectivity index (χ0v) is 15.7. The molecule has 4 rings (SSSR count). The second-order valence-corrected chi connectivity index (χ2v) is 7.82. The molecule has 2 aromatic heterocycles. The maximum atomic E-state index is 12.8. The minimum Gasteiger partial charge on any atom is -0.293 e. The van der Waals surface area contributed by atoms with Gasteiger partial charge < -0.3 is 0 Å². The van der Waals surface area contributed by atoms with E-state index in [0.29, 0.717) is 0 Å². The third-order valence-electron chi connectivity index (χ3n) is 4.56. The van der Waals surface area contributed by atoms with Crippen molar-refractivity contribution in [3.05, 3.63) is 71.3 Å². The molecule has 0 amide bonds. The van der Waals surface area contributed by atoms with Gasteiger partial charge in [-0.1, -0.05) is 59.8 Å². The number of Topliss-reactive ketones (excluding diaryl/α,β-unsaturated/α-hetero) is 1. The van der Waals surface area contributed by atoms with Gasteiger partial charge in [0.1, 0.15) is 0 Å². The van der Waals surface area contributed by atoms with Crippen LogP contribution in [0.2, 0.25) is 0 Å². The Morgan fingerprint density at radius 1 is 1.04 bits per heavy atom. The predicted octanol–water partition coefficient (Wildman–Crippen LogP) is 4.86. The smallest absolute Gasteiger partial charge is 0.196 e. The number of para-hydroxylation sites is 1. The van der Waals surface area contributed by atoms with Gasteiger partial charge in [0.05, 0.1) is 10.8 Å². The molecule has 130 valence electrons. The Labute approximate surface area is 156 Å². The summed E-state index contributed by atoms with van der Waals surface area (Å²) < 4.78 is 2.03. The van der Waals surface area contributed by atoms with E-state index in [1.165, 1.54) is 22.7 Å². The minimum absolute atomic E-state index is 0.100. The lowest BCUT2D eigenvalue weighted by Crippen LogP contribution is -2.14. The Morgan fingerprint density at radius 3 is 2.54 bits per heavy atom. The van der Waals surface area contributed by atoms with Crippen molar-refractivity contribution < 1.29 is 4.79 Å². The number of rotatable bonds is 4. The summed E-state index contributed by atoms with van der Waals surface area (Å²) in [6, 6.07) is 17.9. The predicted molar refractivity (Wildman–Crippen MR) is 106 cm³/mol. The fraction of sp³-hybridized carbons (Fsp3) is 0.190. The van der Waals surface area contributed by atoms with Crippen molar-refractivity contribution in [1.29, 1.82) is 0 Å². The van der Waals surface area contributed by atoms with Crippen molar-refractivity contribution in [3.63, 3.8) is 0 Å². The van der Waals surface area contributed by atoms with Crippen LogP contribution in [0.4, 0.5) is 0 Å². The molecule has 4 nitrogen and oxygen atoms in total. The van der Waals surface area contributed by atoms with Crippen LogP contribution in [0, 0.1) is 13.8 Å². The molecule has 0 radical (unpaired) electrons. The maximum absolute atomic E-state index is 12.8. The van der Waals surface area contributed by atoms with Crippen molar-refractivity contribution in [2.45, 2.75) is 31.2 Å². The summed E-state index contributed by atoms with van der Waals surface area (Å²) in [5.41, 5.74) is 4.90. The summed E-state index contributed by atoms with van der Waals surface area (Å²) >= 11 is 1.45. The highest BCUT2D eigenvalue weighted by molar-refractivity contribution is 8.00. The van der Waals surface area contributed by atoms with E-state index < -0.39 is 0 Å². The fourth-order valence-corrected chi connectivity index (χ4v) is 4.06. The van der Waals surface area contributed by atoms with Gasteiger partial charge in [0.15, 0.2) is 16.6 Å². The first kappa shape index (κ1) is 16.8. The molecule has 26 heavy (non-hydrogen) atoms. The first-order valence-corrected chi connectivity index (χ1v) is 9.43. The summed E-state index contributed by atoms with van der Waals surface area (Å²) in [5, 5.41) is 10.3. The Hall–Kier alpha value is -2.66. The molecule has 2 aromatic carbocycles. The highest BCUT2D eigenvalue weighted by Crippen LogP contribution is 2.29. The Morgan fingerprint density at radius 2 is 1.77 bits per heavy atom. The van der Waals surface area contributed by atoms with E-state index in [2.05, 4.69) is 29.3 Å². The molecule has 5 heteroatoms. The average Bonchev–Trinajstić information content (AvgIpc) is 3.04. The number of hydrogen-bond donors (Lipinski definition) is 0. The van der Waals surface area contributed by atoms with Crippen molar-refractivity contribution >= 4 is 34.1 Å². The molecule has 0 spiro atoms. The van der Waals surface area contributed by atoms with E-state index >= 15 is 0 Å². The molecular formula is C21H19N3OS. The first-order chi connectivity index (χ1) is 12.5. The van der Waals surface area contributed by atoms with E-state index in [1.807, 2.05) is 60.7 Å². The molecule has 1 atom stereocenters. The SMILES string of the molecule is Cc1ccc(C(=O)C(C)Sc2nnc3cc(C)c4ccccc4n23)cc1. The number of fused-ring (bicyclic) bond motifs is 3. The van der Waals surface area contributed by atoms with Crippen molar-refractivity contribution in [2.24, 2.45) is 0 Å². The monoisotopic (exact) mass is 361 g/mol. The van der Waals surface area contributed by atoms with Crippen LogP contribution < -0.4 is 0 Å².